The molecule has 1 rings (SSSR count). The highest BCUT2D eigenvalue weighted by molar-refractivity contribution is 5.25. The molecule has 0 aliphatic carbocycles. The zero-order chi connectivity index (χ0) is 7.56. The maximum Gasteiger partial charge on any atom is 0.600 e. The summed E-state index contributed by atoms with van der Waals surface area (Å²) in [6.07, 6.45) is 0. The molecule has 0 saturated carbocycles. The van der Waals surface area contributed by atoms with Crippen molar-refractivity contribution >= 4 is 11.9 Å². The minimum atomic E-state index is -0.776. The molecule has 0 aliphatic heterocycles. The molecule has 0 unspecified atom stereocenters. The molecule has 0 amide bonds. The first kappa shape index (κ1) is 6.09. The normalized spacial score (nSPS) is 8.70. The fourth-order valence-corrected chi connectivity index (χ4v) is 0.371. The Hall–Kier alpha value is -2.04. The highest BCUT2D eigenvalue weighted by Crippen LogP contribution is 2.06. The summed E-state index contributed by atoms with van der Waals surface area (Å²) in [5.41, 5.74) is 0. The summed E-state index contributed by atoms with van der Waals surface area (Å²) in [7, 11) is 0. The van der Waals surface area contributed by atoms with Gasteiger partial charge in [0.25, 0.3) is 0 Å². The fraction of sp³-hybridized carbons (Fsp3) is 0. The van der Waals surface area contributed by atoms with Gasteiger partial charge in [0.1, 0.15) is 5.10 Å². The van der Waals surface area contributed by atoms with Crippen molar-refractivity contribution in [1.82, 2.24) is 15.2 Å². The average molecular weight is 141 g/mol. The number of hydrogen-bond donors (Lipinski definition) is 1. The number of nitrogens with zero attached hydrogens (tertiary/aromatic N) is 5. The van der Waals surface area contributed by atoms with Crippen LogP contribution in [0.2, 0.25) is 0 Å². The first-order valence-corrected chi connectivity index (χ1v) is 2.16. The minimum Gasteiger partial charge on any atom is -0.390 e. The summed E-state index contributed by atoms with van der Waals surface area (Å²) in [6, 6.07) is 0. The number of rotatable bonds is 1. The van der Waals surface area contributed by atoms with Crippen molar-refractivity contribution in [3.8, 4) is 0 Å². The SMILES string of the molecule is N#[N+]c1n[nH]c([N+](=O)[O-])n1. The second kappa shape index (κ2) is 2.06. The number of diazo groups is 1. The first-order valence-electron chi connectivity index (χ1n) is 2.16. The van der Waals surface area contributed by atoms with Gasteiger partial charge in [-0.15, -0.1) is 0 Å². The topological polar surface area (TPSA) is 113 Å². The maximum absolute atomic E-state index is 9.88. The lowest BCUT2D eigenvalue weighted by molar-refractivity contribution is -0.394. The molecule has 0 radical (unpaired) electrons. The van der Waals surface area contributed by atoms with E-state index in [2.05, 4.69) is 15.1 Å². The molecule has 0 saturated heterocycles. The molecule has 0 fully saturated rings. The van der Waals surface area contributed by atoms with E-state index >= 15 is 0 Å². The van der Waals surface area contributed by atoms with Gasteiger partial charge in [-0.2, -0.15) is 0 Å². The van der Waals surface area contributed by atoms with Crippen LogP contribution in [0, 0.1) is 15.5 Å². The molecule has 8 heteroatoms. The van der Waals surface area contributed by atoms with Crippen LogP contribution in [0.4, 0.5) is 11.9 Å². The predicted octanol–water partition coefficient (Wildman–Crippen LogP) is 0.197. The molecule has 8 nitrogen and oxygen atoms in total. The first-order chi connectivity index (χ1) is 4.74. The van der Waals surface area contributed by atoms with E-state index in [1.54, 1.807) is 0 Å². The summed E-state index contributed by atoms with van der Waals surface area (Å²) in [4.78, 5) is 14.8. The van der Waals surface area contributed by atoms with Gasteiger partial charge >= 0.3 is 11.9 Å². The molecular weight excluding hydrogens is 140 g/mol. The number of hydrogen-bond acceptors (Lipinski definition) is 5. The molecule has 0 spiro atoms. The van der Waals surface area contributed by atoms with Gasteiger partial charge in [0.05, 0.1) is 5.39 Å². The lowest BCUT2D eigenvalue weighted by Gasteiger charge is -1.81. The van der Waals surface area contributed by atoms with E-state index in [1.165, 1.54) is 0 Å². The number of aromatic nitrogens is 3. The number of aromatic amines is 1. The molecule has 0 atom stereocenters. The zero-order valence-electron chi connectivity index (χ0n) is 4.55. The molecule has 1 aromatic heterocycles. The number of nitro groups is 1. The van der Waals surface area contributed by atoms with Crippen molar-refractivity contribution in [2.75, 3.05) is 0 Å². The quantitative estimate of drug-likeness (QED) is 0.341. The predicted molar refractivity (Wildman–Crippen MR) is 27.8 cm³/mol. The molecule has 0 bridgehead atoms. The maximum atomic E-state index is 9.88. The summed E-state index contributed by atoms with van der Waals surface area (Å²) >= 11 is 0. The Morgan fingerprint density at radius 2 is 2.50 bits per heavy atom. The van der Waals surface area contributed by atoms with Gasteiger partial charge in [0, 0.05) is 4.98 Å². The molecule has 10 heavy (non-hydrogen) atoms. The van der Waals surface area contributed by atoms with Crippen molar-refractivity contribution in [3.63, 3.8) is 0 Å². The fourth-order valence-electron chi connectivity index (χ4n) is 0.371. The van der Waals surface area contributed by atoms with Gasteiger partial charge in [0.2, 0.25) is 0 Å². The Bertz CT molecular complexity index is 295. The summed E-state index contributed by atoms with van der Waals surface area (Å²) in [5.74, 6) is -0.903. The van der Waals surface area contributed by atoms with Gasteiger partial charge < -0.3 is 10.1 Å². The van der Waals surface area contributed by atoms with Crippen LogP contribution in [0.1, 0.15) is 0 Å². The monoisotopic (exact) mass is 141 g/mol. The molecule has 0 aliphatic rings. The standard InChI is InChI=1S/C2HN6O2/c3-5-1-4-2(7-6-1)8(9)10/h(H,4,6,7)/q+1. The van der Waals surface area contributed by atoms with Crippen molar-refractivity contribution in [3.05, 3.63) is 15.1 Å². The van der Waals surface area contributed by atoms with Crippen molar-refractivity contribution in [2.45, 2.75) is 0 Å². The molecule has 0 aromatic carbocycles. The van der Waals surface area contributed by atoms with E-state index in [-0.39, 0.29) is 5.95 Å². The molecule has 50 valence electrons. The largest absolute Gasteiger partial charge is 0.600 e. The van der Waals surface area contributed by atoms with E-state index in [4.69, 9.17) is 5.39 Å². The lowest BCUT2D eigenvalue weighted by Crippen LogP contribution is -1.88. The third-order valence-electron chi connectivity index (χ3n) is 0.724. The minimum absolute atomic E-state index is 0.355. The van der Waals surface area contributed by atoms with Gasteiger partial charge in [-0.25, -0.2) is 0 Å². The van der Waals surface area contributed by atoms with E-state index in [0.29, 0.717) is 0 Å². The molecule has 1 heterocycles. The van der Waals surface area contributed by atoms with E-state index in [0.717, 1.165) is 0 Å². The number of H-pyrrole nitrogens is 1. The van der Waals surface area contributed by atoms with Crippen molar-refractivity contribution in [1.29, 1.82) is 5.39 Å². The van der Waals surface area contributed by atoms with Crippen molar-refractivity contribution < 1.29 is 4.92 Å². The van der Waals surface area contributed by atoms with Crippen LogP contribution in [0.5, 0.6) is 0 Å². The average Bonchev–Trinajstić information content (AvgIpc) is 2.34. The smallest absolute Gasteiger partial charge is 0.390 e. The van der Waals surface area contributed by atoms with E-state index < -0.39 is 10.9 Å². The highest BCUT2D eigenvalue weighted by Gasteiger charge is 2.20. The highest BCUT2D eigenvalue weighted by atomic mass is 16.6. The van der Waals surface area contributed by atoms with Gasteiger partial charge in [-0.1, -0.05) is 5.10 Å². The summed E-state index contributed by atoms with van der Waals surface area (Å²) in [5, 5.41) is 23.0. The van der Waals surface area contributed by atoms with Crippen LogP contribution in [0.25, 0.3) is 4.98 Å². The Balaban J connectivity index is 3.02. The van der Waals surface area contributed by atoms with E-state index in [9.17, 15) is 10.1 Å². The Morgan fingerprint density at radius 1 is 1.80 bits per heavy atom. The summed E-state index contributed by atoms with van der Waals surface area (Å²) in [6.45, 7) is 0. The van der Waals surface area contributed by atoms with Gasteiger partial charge in [-0.3, -0.25) is 0 Å². The van der Waals surface area contributed by atoms with Crippen LogP contribution in [0.3, 0.4) is 0 Å². The Morgan fingerprint density at radius 3 is 2.80 bits per heavy atom. The van der Waals surface area contributed by atoms with Crippen molar-refractivity contribution in [2.24, 2.45) is 0 Å². The molecule has 1 N–H and O–H groups in total. The van der Waals surface area contributed by atoms with Gasteiger partial charge in [-0.05, 0) is 9.90 Å². The second-order valence-electron chi connectivity index (χ2n) is 1.32. The Kier molecular flexibility index (Phi) is 1.25. The van der Waals surface area contributed by atoms with Crippen LogP contribution < -0.4 is 0 Å². The zero-order valence-corrected chi connectivity index (χ0v) is 4.55. The van der Waals surface area contributed by atoms with Crippen LogP contribution in [-0.2, 0) is 0 Å². The molecular formula is C2HN6O2+. The third-order valence-corrected chi connectivity index (χ3v) is 0.724. The third kappa shape index (κ3) is 0.873. The summed E-state index contributed by atoms with van der Waals surface area (Å²) < 4.78 is 0. The second-order valence-corrected chi connectivity index (χ2v) is 1.32. The van der Waals surface area contributed by atoms with Crippen LogP contribution >= 0.6 is 0 Å². The number of nitrogens with one attached hydrogen (secondary N) is 1. The van der Waals surface area contributed by atoms with Crippen LogP contribution in [0.15, 0.2) is 0 Å². The van der Waals surface area contributed by atoms with Gasteiger partial charge in [0.15, 0.2) is 0 Å². The van der Waals surface area contributed by atoms with E-state index in [1.807, 2.05) is 5.10 Å². The molecule has 1 aromatic rings. The van der Waals surface area contributed by atoms with Crippen LogP contribution in [-0.4, -0.2) is 20.1 Å². The Labute approximate surface area is 53.7 Å². The lowest BCUT2D eigenvalue weighted by atomic mass is 11.0.